The number of aliphatic hydroxyl groups is 1. The molecule has 2 heterocycles. The molecule has 86 valence electrons. The van der Waals surface area contributed by atoms with Crippen molar-refractivity contribution in [2.75, 3.05) is 11.4 Å². The van der Waals surface area contributed by atoms with Crippen molar-refractivity contribution in [1.82, 2.24) is 4.98 Å². The van der Waals surface area contributed by atoms with Crippen LogP contribution in [0.15, 0.2) is 42.6 Å². The average molecular weight is 226 g/mol. The topological polar surface area (TPSA) is 36.4 Å². The van der Waals surface area contributed by atoms with E-state index in [2.05, 4.69) is 34.1 Å². The van der Waals surface area contributed by atoms with Crippen molar-refractivity contribution < 1.29 is 5.11 Å². The van der Waals surface area contributed by atoms with Gasteiger partial charge in [0.15, 0.2) is 0 Å². The average Bonchev–Trinajstić information content (AvgIpc) is 2.82. The van der Waals surface area contributed by atoms with E-state index < -0.39 is 0 Å². The van der Waals surface area contributed by atoms with Crippen LogP contribution in [0.4, 0.5) is 11.4 Å². The molecule has 0 bridgehead atoms. The van der Waals surface area contributed by atoms with Crippen LogP contribution >= 0.6 is 0 Å². The van der Waals surface area contributed by atoms with Gasteiger partial charge in [-0.25, -0.2) is 0 Å². The van der Waals surface area contributed by atoms with Gasteiger partial charge in [-0.05, 0) is 30.2 Å². The maximum atomic E-state index is 9.12. The minimum Gasteiger partial charge on any atom is -0.390 e. The molecule has 0 spiro atoms. The van der Waals surface area contributed by atoms with E-state index >= 15 is 0 Å². The molecular weight excluding hydrogens is 212 g/mol. The highest BCUT2D eigenvalue weighted by molar-refractivity contribution is 5.69. The van der Waals surface area contributed by atoms with Gasteiger partial charge < -0.3 is 10.0 Å². The van der Waals surface area contributed by atoms with E-state index in [0.717, 1.165) is 18.7 Å². The molecule has 0 saturated heterocycles. The second kappa shape index (κ2) is 4.18. The summed E-state index contributed by atoms with van der Waals surface area (Å²) in [7, 11) is 0. The van der Waals surface area contributed by atoms with Crippen LogP contribution in [0.25, 0.3) is 0 Å². The predicted molar refractivity (Wildman–Crippen MR) is 67.3 cm³/mol. The second-order valence-electron chi connectivity index (χ2n) is 4.19. The lowest BCUT2D eigenvalue weighted by Crippen LogP contribution is -2.13. The summed E-state index contributed by atoms with van der Waals surface area (Å²) in [5.41, 5.74) is 4.47. The number of aromatic nitrogens is 1. The minimum absolute atomic E-state index is 0.0106. The predicted octanol–water partition coefficient (Wildman–Crippen LogP) is 2.27. The molecule has 0 radical (unpaired) electrons. The molecule has 1 aromatic heterocycles. The van der Waals surface area contributed by atoms with Gasteiger partial charge in [0.25, 0.3) is 0 Å². The standard InChI is InChI=1S/C14H14N2O/c17-10-12-9-13(5-7-15-12)16-8-6-11-3-1-2-4-14(11)16/h1-5,7,9,17H,6,8,10H2. The lowest BCUT2D eigenvalue weighted by Gasteiger charge is -2.19. The van der Waals surface area contributed by atoms with Gasteiger partial charge in [-0.15, -0.1) is 0 Å². The van der Waals surface area contributed by atoms with Crippen molar-refractivity contribution in [3.63, 3.8) is 0 Å². The molecule has 0 saturated carbocycles. The Balaban J connectivity index is 2.01. The number of pyridine rings is 1. The molecule has 1 N–H and O–H groups in total. The van der Waals surface area contributed by atoms with Gasteiger partial charge >= 0.3 is 0 Å². The Labute approximate surface area is 100 Å². The number of hydrogen-bond acceptors (Lipinski definition) is 3. The number of anilines is 2. The fourth-order valence-electron chi connectivity index (χ4n) is 2.33. The SMILES string of the molecule is OCc1cc(N2CCc3ccccc32)ccn1. The molecule has 0 amide bonds. The fourth-order valence-corrected chi connectivity index (χ4v) is 2.33. The Morgan fingerprint density at radius 3 is 3.00 bits per heavy atom. The van der Waals surface area contributed by atoms with E-state index in [-0.39, 0.29) is 6.61 Å². The third-order valence-corrected chi connectivity index (χ3v) is 3.16. The van der Waals surface area contributed by atoms with Crippen LogP contribution in [-0.4, -0.2) is 16.6 Å². The third-order valence-electron chi connectivity index (χ3n) is 3.16. The molecule has 1 aliphatic rings. The number of fused-ring (bicyclic) bond motifs is 1. The number of para-hydroxylation sites is 1. The van der Waals surface area contributed by atoms with Gasteiger partial charge in [0.2, 0.25) is 0 Å². The summed E-state index contributed by atoms with van der Waals surface area (Å²) in [6, 6.07) is 12.4. The minimum atomic E-state index is -0.0106. The van der Waals surface area contributed by atoms with Gasteiger partial charge in [-0.2, -0.15) is 0 Å². The third kappa shape index (κ3) is 1.78. The molecule has 0 fully saturated rings. The van der Waals surface area contributed by atoms with Gasteiger partial charge in [0, 0.05) is 24.1 Å². The Morgan fingerprint density at radius 2 is 2.12 bits per heavy atom. The highest BCUT2D eigenvalue weighted by Gasteiger charge is 2.19. The summed E-state index contributed by atoms with van der Waals surface area (Å²) in [6.07, 6.45) is 2.83. The first-order valence-corrected chi connectivity index (χ1v) is 5.80. The van der Waals surface area contributed by atoms with Gasteiger partial charge in [-0.3, -0.25) is 4.98 Å². The van der Waals surface area contributed by atoms with Crippen LogP contribution < -0.4 is 4.90 Å². The molecule has 0 aliphatic carbocycles. The second-order valence-corrected chi connectivity index (χ2v) is 4.19. The zero-order valence-corrected chi connectivity index (χ0v) is 9.50. The summed E-state index contributed by atoms with van der Waals surface area (Å²) >= 11 is 0. The van der Waals surface area contributed by atoms with Crippen LogP contribution in [0.1, 0.15) is 11.3 Å². The molecule has 2 aromatic rings. The number of hydrogen-bond donors (Lipinski definition) is 1. The zero-order valence-electron chi connectivity index (χ0n) is 9.50. The van der Waals surface area contributed by atoms with Crippen LogP contribution in [-0.2, 0) is 13.0 Å². The van der Waals surface area contributed by atoms with Gasteiger partial charge in [0.05, 0.1) is 12.3 Å². The summed E-state index contributed by atoms with van der Waals surface area (Å²) < 4.78 is 0. The van der Waals surface area contributed by atoms with Crippen LogP contribution in [0, 0.1) is 0 Å². The van der Waals surface area contributed by atoms with Crippen molar-refractivity contribution in [2.45, 2.75) is 13.0 Å². The first-order chi connectivity index (χ1) is 8.38. The normalized spacial score (nSPS) is 13.8. The number of benzene rings is 1. The number of aliphatic hydroxyl groups excluding tert-OH is 1. The largest absolute Gasteiger partial charge is 0.390 e. The number of rotatable bonds is 2. The lowest BCUT2D eigenvalue weighted by molar-refractivity contribution is 0.277. The Hall–Kier alpha value is -1.87. The molecule has 1 aromatic carbocycles. The highest BCUT2D eigenvalue weighted by atomic mass is 16.3. The summed E-state index contributed by atoms with van der Waals surface area (Å²) in [6.45, 7) is 0.984. The summed E-state index contributed by atoms with van der Waals surface area (Å²) in [5.74, 6) is 0. The maximum Gasteiger partial charge on any atom is 0.0853 e. The molecule has 3 heteroatoms. The number of nitrogens with zero attached hydrogens (tertiary/aromatic N) is 2. The molecule has 3 rings (SSSR count). The van der Waals surface area contributed by atoms with Crippen LogP contribution in [0.3, 0.4) is 0 Å². The Morgan fingerprint density at radius 1 is 1.24 bits per heavy atom. The van der Waals surface area contributed by atoms with Crippen molar-refractivity contribution in [3.05, 3.63) is 53.9 Å². The van der Waals surface area contributed by atoms with Crippen molar-refractivity contribution >= 4 is 11.4 Å². The van der Waals surface area contributed by atoms with E-state index in [1.807, 2.05) is 12.1 Å². The van der Waals surface area contributed by atoms with Crippen molar-refractivity contribution in [3.8, 4) is 0 Å². The Kier molecular flexibility index (Phi) is 2.53. The molecule has 0 atom stereocenters. The van der Waals surface area contributed by atoms with Crippen molar-refractivity contribution in [2.24, 2.45) is 0 Å². The molecular formula is C14H14N2O. The van der Waals surface area contributed by atoms with E-state index in [1.54, 1.807) is 6.20 Å². The van der Waals surface area contributed by atoms with Gasteiger partial charge in [0.1, 0.15) is 0 Å². The lowest BCUT2D eigenvalue weighted by atomic mass is 10.2. The molecule has 17 heavy (non-hydrogen) atoms. The first-order valence-electron chi connectivity index (χ1n) is 5.80. The highest BCUT2D eigenvalue weighted by Crippen LogP contribution is 2.33. The first kappa shape index (κ1) is 10.3. The van der Waals surface area contributed by atoms with Crippen molar-refractivity contribution in [1.29, 1.82) is 0 Å². The van der Waals surface area contributed by atoms with E-state index in [9.17, 15) is 0 Å². The summed E-state index contributed by atoms with van der Waals surface area (Å²) in [4.78, 5) is 6.38. The quantitative estimate of drug-likeness (QED) is 0.853. The van der Waals surface area contributed by atoms with E-state index in [0.29, 0.717) is 5.69 Å². The molecule has 1 aliphatic heterocycles. The molecule has 0 unspecified atom stereocenters. The Bertz CT molecular complexity index is 539. The smallest absolute Gasteiger partial charge is 0.0853 e. The molecule has 3 nitrogen and oxygen atoms in total. The van der Waals surface area contributed by atoms with Crippen LogP contribution in [0.2, 0.25) is 0 Å². The van der Waals surface area contributed by atoms with Gasteiger partial charge in [-0.1, -0.05) is 18.2 Å². The van der Waals surface area contributed by atoms with Crippen LogP contribution in [0.5, 0.6) is 0 Å². The monoisotopic (exact) mass is 226 g/mol. The van der Waals surface area contributed by atoms with E-state index in [4.69, 9.17) is 5.11 Å². The van der Waals surface area contributed by atoms with E-state index in [1.165, 1.54) is 11.3 Å². The maximum absolute atomic E-state index is 9.12. The fraction of sp³-hybridized carbons (Fsp3) is 0.214. The zero-order chi connectivity index (χ0) is 11.7. The summed E-state index contributed by atoms with van der Waals surface area (Å²) in [5, 5.41) is 9.12.